The molecule has 1 unspecified atom stereocenters. The van der Waals surface area contributed by atoms with E-state index in [2.05, 4.69) is 40.3 Å². The molecule has 1 aromatic heterocycles. The van der Waals surface area contributed by atoms with Crippen molar-refractivity contribution in [2.75, 3.05) is 6.54 Å². The summed E-state index contributed by atoms with van der Waals surface area (Å²) in [4.78, 5) is 12.2. The Kier molecular flexibility index (Phi) is 3.95. The third-order valence-corrected chi connectivity index (χ3v) is 4.49. The molecule has 1 N–H and O–H groups in total. The van der Waals surface area contributed by atoms with Gasteiger partial charge in [-0.1, -0.05) is 36.4 Å². The van der Waals surface area contributed by atoms with Gasteiger partial charge >= 0.3 is 0 Å². The van der Waals surface area contributed by atoms with Gasteiger partial charge in [0.25, 0.3) is 5.91 Å². The van der Waals surface area contributed by atoms with Crippen molar-refractivity contribution in [1.82, 2.24) is 9.88 Å². The van der Waals surface area contributed by atoms with Crippen molar-refractivity contribution in [3.63, 3.8) is 0 Å². The first kappa shape index (κ1) is 14.8. The first-order valence-corrected chi connectivity index (χ1v) is 8.37. The zero-order chi connectivity index (χ0) is 16.4. The van der Waals surface area contributed by atoms with E-state index in [4.69, 9.17) is 4.74 Å². The van der Waals surface area contributed by atoms with Crippen LogP contribution in [0.1, 0.15) is 12.0 Å². The Balaban J connectivity index is 1.27. The van der Waals surface area contributed by atoms with Crippen LogP contribution in [0.4, 0.5) is 0 Å². The van der Waals surface area contributed by atoms with Crippen LogP contribution in [0, 0.1) is 0 Å². The zero-order valence-corrected chi connectivity index (χ0v) is 13.4. The van der Waals surface area contributed by atoms with Gasteiger partial charge in [0.1, 0.15) is 5.75 Å². The fourth-order valence-electron chi connectivity index (χ4n) is 3.24. The fourth-order valence-corrected chi connectivity index (χ4v) is 3.24. The summed E-state index contributed by atoms with van der Waals surface area (Å²) in [7, 11) is 0. The minimum absolute atomic E-state index is 0.0245. The number of hydrogen-bond donors (Lipinski definition) is 1. The molecular formula is C20H20N2O2. The highest BCUT2D eigenvalue weighted by atomic mass is 16.5. The third kappa shape index (κ3) is 2.87. The second kappa shape index (κ2) is 6.40. The molecule has 0 spiro atoms. The average molecular weight is 320 g/mol. The number of para-hydroxylation sites is 2. The summed E-state index contributed by atoms with van der Waals surface area (Å²) < 4.78 is 7.94. The van der Waals surface area contributed by atoms with Crippen LogP contribution in [-0.4, -0.2) is 23.1 Å². The predicted octanol–water partition coefficient (Wildman–Crippen LogP) is 3.15. The average Bonchev–Trinajstić information content (AvgIpc) is 3.23. The highest BCUT2D eigenvalue weighted by Crippen LogP contribution is 2.28. The number of carbonyl (C=O) groups excluding carboxylic acids is 1. The Labute approximate surface area is 141 Å². The van der Waals surface area contributed by atoms with Gasteiger partial charge < -0.3 is 14.6 Å². The number of benzene rings is 2. The molecule has 1 aliphatic heterocycles. The molecule has 1 atom stereocenters. The lowest BCUT2D eigenvalue weighted by molar-refractivity contribution is -0.127. The predicted molar refractivity (Wildman–Crippen MR) is 94.1 cm³/mol. The molecule has 4 nitrogen and oxygen atoms in total. The van der Waals surface area contributed by atoms with Crippen LogP contribution in [0.5, 0.6) is 5.75 Å². The summed E-state index contributed by atoms with van der Waals surface area (Å²) in [6.45, 7) is 1.54. The molecule has 0 radical (unpaired) electrons. The van der Waals surface area contributed by atoms with Crippen molar-refractivity contribution < 1.29 is 9.53 Å². The molecule has 0 saturated heterocycles. The summed E-state index contributed by atoms with van der Waals surface area (Å²) in [6, 6.07) is 18.3. The van der Waals surface area contributed by atoms with Crippen molar-refractivity contribution in [3.8, 4) is 5.75 Å². The maximum atomic E-state index is 12.2. The van der Waals surface area contributed by atoms with E-state index >= 15 is 0 Å². The molecule has 1 amide bonds. The number of ether oxygens (including phenoxy) is 1. The van der Waals surface area contributed by atoms with Gasteiger partial charge in [0.15, 0.2) is 6.10 Å². The van der Waals surface area contributed by atoms with Crippen LogP contribution in [-0.2, 0) is 17.8 Å². The SMILES string of the molecule is O=C(NCCCn1ccc2ccccc21)C1Cc2ccccc2O1. The Morgan fingerprint density at radius 1 is 1.12 bits per heavy atom. The molecule has 24 heavy (non-hydrogen) atoms. The lowest BCUT2D eigenvalue weighted by Gasteiger charge is -2.12. The van der Waals surface area contributed by atoms with Crippen molar-refractivity contribution in [3.05, 3.63) is 66.4 Å². The molecule has 4 heteroatoms. The molecule has 0 aliphatic carbocycles. The van der Waals surface area contributed by atoms with E-state index in [1.807, 2.05) is 30.3 Å². The van der Waals surface area contributed by atoms with E-state index in [0.717, 1.165) is 24.3 Å². The molecule has 0 saturated carbocycles. The highest BCUT2D eigenvalue weighted by molar-refractivity contribution is 5.82. The largest absolute Gasteiger partial charge is 0.480 e. The summed E-state index contributed by atoms with van der Waals surface area (Å²) in [5, 5.41) is 4.24. The van der Waals surface area contributed by atoms with Crippen LogP contribution in [0.25, 0.3) is 10.9 Å². The van der Waals surface area contributed by atoms with E-state index < -0.39 is 6.10 Å². The lowest BCUT2D eigenvalue weighted by Crippen LogP contribution is -2.38. The normalized spacial score (nSPS) is 15.9. The van der Waals surface area contributed by atoms with Crippen molar-refractivity contribution in [2.24, 2.45) is 0 Å². The summed E-state index contributed by atoms with van der Waals surface area (Å²) in [6.07, 6.45) is 3.26. The Hall–Kier alpha value is -2.75. The maximum absolute atomic E-state index is 12.2. The molecule has 3 aromatic rings. The molecule has 2 aromatic carbocycles. The van der Waals surface area contributed by atoms with Crippen molar-refractivity contribution >= 4 is 16.8 Å². The summed E-state index contributed by atoms with van der Waals surface area (Å²) in [5.74, 6) is 0.806. The van der Waals surface area contributed by atoms with Gasteiger partial charge in [-0.05, 0) is 35.6 Å². The van der Waals surface area contributed by atoms with Crippen molar-refractivity contribution in [2.45, 2.75) is 25.5 Å². The second-order valence-corrected chi connectivity index (χ2v) is 6.13. The van der Waals surface area contributed by atoms with Crippen LogP contribution in [0.15, 0.2) is 60.8 Å². The van der Waals surface area contributed by atoms with Crippen LogP contribution < -0.4 is 10.1 Å². The summed E-state index contributed by atoms with van der Waals surface area (Å²) >= 11 is 0. The van der Waals surface area contributed by atoms with E-state index in [1.165, 1.54) is 10.9 Å². The number of aryl methyl sites for hydroxylation is 1. The number of amides is 1. The summed E-state index contributed by atoms with van der Waals surface area (Å²) in [5.41, 5.74) is 2.34. The maximum Gasteiger partial charge on any atom is 0.261 e. The first-order chi connectivity index (χ1) is 11.8. The van der Waals surface area contributed by atoms with Crippen molar-refractivity contribution in [1.29, 1.82) is 0 Å². The quantitative estimate of drug-likeness (QED) is 0.734. The Morgan fingerprint density at radius 2 is 1.96 bits per heavy atom. The molecule has 0 bridgehead atoms. The smallest absolute Gasteiger partial charge is 0.261 e. The highest BCUT2D eigenvalue weighted by Gasteiger charge is 2.28. The van der Waals surface area contributed by atoms with E-state index in [0.29, 0.717) is 13.0 Å². The van der Waals surface area contributed by atoms with E-state index in [1.54, 1.807) is 0 Å². The standard InChI is InChI=1S/C20H20N2O2/c23-20(19-14-16-7-2-4-9-18(16)24-19)21-11-5-12-22-13-10-15-6-1-3-8-17(15)22/h1-4,6-10,13,19H,5,11-12,14H2,(H,21,23). The second-order valence-electron chi connectivity index (χ2n) is 6.13. The van der Waals surface area contributed by atoms with E-state index in [-0.39, 0.29) is 5.91 Å². The molecule has 1 aliphatic rings. The van der Waals surface area contributed by atoms with Gasteiger partial charge in [0, 0.05) is 31.2 Å². The number of carbonyl (C=O) groups is 1. The van der Waals surface area contributed by atoms with E-state index in [9.17, 15) is 4.79 Å². The van der Waals surface area contributed by atoms with Gasteiger partial charge in [-0.25, -0.2) is 0 Å². The number of nitrogens with zero attached hydrogens (tertiary/aromatic N) is 1. The number of fused-ring (bicyclic) bond motifs is 2. The van der Waals surface area contributed by atoms with Gasteiger partial charge in [0.05, 0.1) is 0 Å². The van der Waals surface area contributed by atoms with Gasteiger partial charge in [0.2, 0.25) is 0 Å². The molecule has 122 valence electrons. The van der Waals surface area contributed by atoms with Crippen LogP contribution in [0.2, 0.25) is 0 Å². The molecule has 0 fully saturated rings. The Bertz CT molecular complexity index is 844. The van der Waals surface area contributed by atoms with Gasteiger partial charge in [-0.15, -0.1) is 0 Å². The fraction of sp³-hybridized carbons (Fsp3) is 0.250. The monoisotopic (exact) mass is 320 g/mol. The van der Waals surface area contributed by atoms with Crippen LogP contribution >= 0.6 is 0 Å². The number of hydrogen-bond acceptors (Lipinski definition) is 2. The minimum Gasteiger partial charge on any atom is -0.480 e. The first-order valence-electron chi connectivity index (χ1n) is 8.37. The lowest BCUT2D eigenvalue weighted by atomic mass is 10.1. The molecule has 4 rings (SSSR count). The molecular weight excluding hydrogens is 300 g/mol. The zero-order valence-electron chi connectivity index (χ0n) is 13.4. The minimum atomic E-state index is -0.394. The number of aromatic nitrogens is 1. The van der Waals surface area contributed by atoms with Gasteiger partial charge in [-0.2, -0.15) is 0 Å². The topological polar surface area (TPSA) is 43.3 Å². The number of nitrogens with one attached hydrogen (secondary N) is 1. The third-order valence-electron chi connectivity index (χ3n) is 4.49. The van der Waals surface area contributed by atoms with Crippen LogP contribution in [0.3, 0.4) is 0 Å². The molecule has 2 heterocycles. The van der Waals surface area contributed by atoms with Gasteiger partial charge in [-0.3, -0.25) is 4.79 Å². The Morgan fingerprint density at radius 3 is 2.88 bits per heavy atom. The number of rotatable bonds is 5.